The molecule has 0 aromatic heterocycles. The number of carbonyl (C=O) groups excluding carboxylic acids is 2. The maximum atomic E-state index is 12.1. The fourth-order valence-electron chi connectivity index (χ4n) is 1.77. The molecule has 5 N–H and O–H groups in total. The Bertz CT molecular complexity index is 522. The van der Waals surface area contributed by atoms with Crippen molar-refractivity contribution < 1.29 is 24.2 Å². The lowest BCUT2D eigenvalue weighted by molar-refractivity contribution is -0.225. The molecule has 3 atom stereocenters. The Morgan fingerprint density at radius 1 is 1.13 bits per heavy atom. The molecule has 0 spiro atoms. The summed E-state index contributed by atoms with van der Waals surface area (Å²) in [7, 11) is 0. The maximum absolute atomic E-state index is 12.1. The van der Waals surface area contributed by atoms with E-state index < -0.39 is 36.4 Å². The molecule has 1 aromatic rings. The van der Waals surface area contributed by atoms with Crippen LogP contribution in [-0.4, -0.2) is 41.5 Å². The minimum Gasteiger partial charge on any atom is -0.422 e. The van der Waals surface area contributed by atoms with Crippen LogP contribution in [0.5, 0.6) is 0 Å². The predicted molar refractivity (Wildman–Crippen MR) is 84.1 cm³/mol. The molecule has 0 bridgehead atoms. The van der Waals surface area contributed by atoms with Gasteiger partial charge in [-0.3, -0.25) is 9.59 Å². The molecule has 23 heavy (non-hydrogen) atoms. The van der Waals surface area contributed by atoms with Crippen molar-refractivity contribution in [1.82, 2.24) is 0 Å². The monoisotopic (exact) mass is 324 g/mol. The van der Waals surface area contributed by atoms with Gasteiger partial charge < -0.3 is 26.0 Å². The summed E-state index contributed by atoms with van der Waals surface area (Å²) in [5, 5.41) is 8.86. The van der Waals surface area contributed by atoms with Crippen LogP contribution in [0, 0.1) is 0 Å². The Morgan fingerprint density at radius 2 is 1.65 bits per heavy atom. The van der Waals surface area contributed by atoms with Crippen LogP contribution in [0.2, 0.25) is 0 Å². The number of aliphatic hydroxyl groups is 1. The van der Waals surface area contributed by atoms with Crippen LogP contribution in [0.4, 0.5) is 0 Å². The fraction of sp³-hybridized carbons (Fsp3) is 0.500. The highest BCUT2D eigenvalue weighted by atomic mass is 16.7. The summed E-state index contributed by atoms with van der Waals surface area (Å²) in [5.74, 6) is -3.00. The number of carbonyl (C=O) groups is 2. The van der Waals surface area contributed by atoms with Crippen molar-refractivity contribution in [3.8, 4) is 0 Å². The van der Waals surface area contributed by atoms with Gasteiger partial charge in [-0.1, -0.05) is 37.3 Å². The van der Waals surface area contributed by atoms with Gasteiger partial charge in [0.05, 0.1) is 6.61 Å². The first-order valence-electron chi connectivity index (χ1n) is 7.43. The molecule has 0 fully saturated rings. The summed E-state index contributed by atoms with van der Waals surface area (Å²) in [6.07, 6.45) is 0.532. The quantitative estimate of drug-likeness (QED) is 0.457. The van der Waals surface area contributed by atoms with Gasteiger partial charge in [0.1, 0.15) is 12.1 Å². The van der Waals surface area contributed by atoms with Gasteiger partial charge in [0, 0.05) is 13.3 Å². The molecule has 0 aliphatic heterocycles. The molecule has 2 unspecified atom stereocenters. The van der Waals surface area contributed by atoms with Crippen LogP contribution >= 0.6 is 0 Å². The third-order valence-electron chi connectivity index (χ3n) is 3.38. The van der Waals surface area contributed by atoms with Crippen molar-refractivity contribution in [3.63, 3.8) is 0 Å². The Labute approximate surface area is 135 Å². The summed E-state index contributed by atoms with van der Waals surface area (Å²) in [4.78, 5) is 23.8. The lowest BCUT2D eigenvalue weighted by Gasteiger charge is -2.30. The van der Waals surface area contributed by atoms with Crippen LogP contribution in [0.3, 0.4) is 0 Å². The third-order valence-corrected chi connectivity index (χ3v) is 3.38. The zero-order chi connectivity index (χ0) is 17.5. The van der Waals surface area contributed by atoms with Crippen LogP contribution < -0.4 is 11.5 Å². The van der Waals surface area contributed by atoms with Crippen molar-refractivity contribution in [1.29, 1.82) is 0 Å². The van der Waals surface area contributed by atoms with Crippen molar-refractivity contribution in [2.75, 3.05) is 6.61 Å². The van der Waals surface area contributed by atoms with Gasteiger partial charge in [-0.15, -0.1) is 0 Å². The third kappa shape index (κ3) is 5.97. The van der Waals surface area contributed by atoms with Gasteiger partial charge in [0.15, 0.2) is 0 Å². The Balaban J connectivity index is 2.65. The molecule has 0 saturated heterocycles. The van der Waals surface area contributed by atoms with Crippen LogP contribution in [0.15, 0.2) is 30.3 Å². The lowest BCUT2D eigenvalue weighted by atomic mass is 10.1. The minimum atomic E-state index is -1.48. The summed E-state index contributed by atoms with van der Waals surface area (Å²) < 4.78 is 10.3. The van der Waals surface area contributed by atoms with Gasteiger partial charge in [-0.2, -0.15) is 0 Å². The van der Waals surface area contributed by atoms with Crippen molar-refractivity contribution in [2.45, 2.75) is 44.6 Å². The van der Waals surface area contributed by atoms with E-state index in [1.54, 1.807) is 6.92 Å². The first kappa shape index (κ1) is 19.1. The minimum absolute atomic E-state index is 0.223. The summed E-state index contributed by atoms with van der Waals surface area (Å²) in [6.45, 7) is 2.58. The van der Waals surface area contributed by atoms with Crippen LogP contribution in [-0.2, 0) is 25.5 Å². The van der Waals surface area contributed by atoms with Crippen molar-refractivity contribution in [2.24, 2.45) is 11.5 Å². The molecule has 0 saturated carbocycles. The molecule has 1 rings (SSSR count). The fourth-order valence-corrected chi connectivity index (χ4v) is 1.77. The van der Waals surface area contributed by atoms with Gasteiger partial charge in [0.25, 0.3) is 5.79 Å². The Hall–Kier alpha value is -1.96. The summed E-state index contributed by atoms with van der Waals surface area (Å²) in [5.41, 5.74) is 12.1. The van der Waals surface area contributed by atoms with E-state index in [-0.39, 0.29) is 6.42 Å². The Kier molecular flexibility index (Phi) is 7.15. The molecular formula is C16H24N2O5. The normalized spacial score (nSPS) is 16.0. The molecule has 1 aromatic carbocycles. The topological polar surface area (TPSA) is 125 Å². The number of ether oxygens (including phenoxy) is 2. The summed E-state index contributed by atoms with van der Waals surface area (Å²) >= 11 is 0. The molecule has 0 amide bonds. The predicted octanol–water partition coefficient (Wildman–Crippen LogP) is 0.0886. The molecule has 128 valence electrons. The average Bonchev–Trinajstić information content (AvgIpc) is 2.54. The van der Waals surface area contributed by atoms with E-state index in [0.29, 0.717) is 6.42 Å². The van der Waals surface area contributed by atoms with E-state index in [2.05, 4.69) is 0 Å². The number of benzene rings is 1. The molecule has 0 heterocycles. The second kappa shape index (κ2) is 8.61. The largest absolute Gasteiger partial charge is 0.422 e. The zero-order valence-corrected chi connectivity index (χ0v) is 13.4. The maximum Gasteiger partial charge on any atom is 0.328 e. The number of nitrogens with two attached hydrogens (primary N) is 2. The highest BCUT2D eigenvalue weighted by molar-refractivity contribution is 5.78. The van der Waals surface area contributed by atoms with Crippen LogP contribution in [0.1, 0.15) is 25.8 Å². The number of esters is 2. The molecule has 7 heteroatoms. The van der Waals surface area contributed by atoms with Crippen LogP contribution in [0.25, 0.3) is 0 Å². The van der Waals surface area contributed by atoms with Gasteiger partial charge >= 0.3 is 11.9 Å². The van der Waals surface area contributed by atoms with E-state index in [4.69, 9.17) is 26.0 Å². The number of hydrogen-bond donors (Lipinski definition) is 3. The van der Waals surface area contributed by atoms with Crippen molar-refractivity contribution in [3.05, 3.63) is 35.9 Å². The van der Waals surface area contributed by atoms with Gasteiger partial charge in [-0.25, -0.2) is 0 Å². The molecule has 7 nitrogen and oxygen atoms in total. The average molecular weight is 324 g/mol. The highest BCUT2D eigenvalue weighted by Crippen LogP contribution is 2.19. The second-order valence-electron chi connectivity index (χ2n) is 5.41. The standard InChI is InChI=1S/C16H24N2O5/c1-3-16(2,23-15(21)13(18)10-19)22-14(20)12(17)9-11-7-5-4-6-8-11/h4-8,12-13,19H,3,9-10,17-18H2,1-2H3/t12?,13-,16?/m0/s1. The van der Waals surface area contributed by atoms with Crippen molar-refractivity contribution >= 4 is 11.9 Å². The van der Waals surface area contributed by atoms with Gasteiger partial charge in [0.2, 0.25) is 0 Å². The number of rotatable bonds is 8. The molecule has 0 radical (unpaired) electrons. The molecular weight excluding hydrogens is 300 g/mol. The SMILES string of the molecule is CCC(C)(OC(=O)C(N)Cc1ccccc1)OC(=O)[C@@H](N)CO. The zero-order valence-electron chi connectivity index (χ0n) is 13.4. The van der Waals surface area contributed by atoms with E-state index >= 15 is 0 Å². The van der Waals surface area contributed by atoms with E-state index in [1.807, 2.05) is 30.3 Å². The molecule has 0 aliphatic rings. The van der Waals surface area contributed by atoms with E-state index in [9.17, 15) is 9.59 Å². The highest BCUT2D eigenvalue weighted by Gasteiger charge is 2.34. The lowest BCUT2D eigenvalue weighted by Crippen LogP contribution is -2.46. The van der Waals surface area contributed by atoms with Gasteiger partial charge in [-0.05, 0) is 12.0 Å². The Morgan fingerprint density at radius 3 is 2.13 bits per heavy atom. The van der Waals surface area contributed by atoms with E-state index in [0.717, 1.165) is 5.56 Å². The second-order valence-corrected chi connectivity index (χ2v) is 5.41. The first-order valence-corrected chi connectivity index (χ1v) is 7.43. The first-order chi connectivity index (χ1) is 10.8. The smallest absolute Gasteiger partial charge is 0.328 e. The number of hydrogen-bond acceptors (Lipinski definition) is 7. The summed E-state index contributed by atoms with van der Waals surface area (Å²) in [6, 6.07) is 7.21. The number of aliphatic hydroxyl groups excluding tert-OH is 1. The van der Waals surface area contributed by atoms with E-state index in [1.165, 1.54) is 6.92 Å². The molecule has 0 aliphatic carbocycles.